The van der Waals surface area contributed by atoms with E-state index in [0.717, 1.165) is 12.0 Å². The van der Waals surface area contributed by atoms with Gasteiger partial charge in [0.2, 0.25) is 0 Å². The van der Waals surface area contributed by atoms with E-state index in [2.05, 4.69) is 5.32 Å². The third-order valence-corrected chi connectivity index (χ3v) is 2.98. The van der Waals surface area contributed by atoms with Crippen molar-refractivity contribution in [2.45, 2.75) is 32.7 Å². The zero-order valence-corrected chi connectivity index (χ0v) is 10.9. The highest BCUT2D eigenvalue weighted by Crippen LogP contribution is 2.15. The molecule has 1 amide bonds. The number of nitrogens with one attached hydrogen (secondary N) is 1. The first-order chi connectivity index (χ1) is 8.08. The first-order valence-corrected chi connectivity index (χ1v) is 6.14. The van der Waals surface area contributed by atoms with Crippen LogP contribution in [0.4, 0.5) is 0 Å². The Morgan fingerprint density at radius 3 is 2.82 bits per heavy atom. The van der Waals surface area contributed by atoms with Gasteiger partial charge in [-0.2, -0.15) is 0 Å². The molecule has 0 radical (unpaired) electrons. The largest absolute Gasteiger partial charge is 0.396 e. The van der Waals surface area contributed by atoms with Gasteiger partial charge in [-0.1, -0.05) is 24.6 Å². The number of halogens is 1. The molecule has 17 heavy (non-hydrogen) atoms. The second-order valence-electron chi connectivity index (χ2n) is 4.05. The molecule has 1 aromatic carbocycles. The van der Waals surface area contributed by atoms with E-state index in [1.54, 1.807) is 12.1 Å². The van der Waals surface area contributed by atoms with Crippen LogP contribution in [0, 0.1) is 6.92 Å². The molecule has 0 aliphatic carbocycles. The van der Waals surface area contributed by atoms with Crippen LogP contribution in [-0.2, 0) is 0 Å². The van der Waals surface area contributed by atoms with E-state index < -0.39 is 0 Å². The summed E-state index contributed by atoms with van der Waals surface area (Å²) in [5.41, 5.74) is 1.49. The number of aliphatic hydroxyl groups is 1. The molecule has 0 aromatic heterocycles. The highest BCUT2D eigenvalue weighted by molar-refractivity contribution is 6.31. The second kappa shape index (κ2) is 6.62. The zero-order chi connectivity index (χ0) is 12.8. The molecule has 0 fully saturated rings. The topological polar surface area (TPSA) is 49.3 Å². The van der Waals surface area contributed by atoms with Crippen LogP contribution in [0.5, 0.6) is 0 Å². The lowest BCUT2D eigenvalue weighted by Crippen LogP contribution is -2.35. The number of amides is 1. The molecule has 94 valence electrons. The first kappa shape index (κ1) is 14.0. The fourth-order valence-corrected chi connectivity index (χ4v) is 1.81. The highest BCUT2D eigenvalue weighted by Gasteiger charge is 2.13. The van der Waals surface area contributed by atoms with Crippen LogP contribution >= 0.6 is 11.6 Å². The number of rotatable bonds is 5. The summed E-state index contributed by atoms with van der Waals surface area (Å²) in [7, 11) is 0. The molecule has 1 aromatic rings. The third-order valence-electron chi connectivity index (χ3n) is 2.75. The van der Waals surface area contributed by atoms with Crippen LogP contribution in [0.15, 0.2) is 18.2 Å². The van der Waals surface area contributed by atoms with E-state index >= 15 is 0 Å². The van der Waals surface area contributed by atoms with Gasteiger partial charge in [-0.15, -0.1) is 0 Å². The van der Waals surface area contributed by atoms with Gasteiger partial charge < -0.3 is 10.4 Å². The number of hydrogen-bond donors (Lipinski definition) is 2. The Hall–Kier alpha value is -1.06. The van der Waals surface area contributed by atoms with Crippen LogP contribution < -0.4 is 5.32 Å². The number of hydrogen-bond acceptors (Lipinski definition) is 2. The van der Waals surface area contributed by atoms with Crippen molar-refractivity contribution in [3.63, 3.8) is 0 Å². The van der Waals surface area contributed by atoms with Crippen LogP contribution in [0.1, 0.15) is 35.7 Å². The number of carbonyl (C=O) groups is 1. The van der Waals surface area contributed by atoms with Crippen molar-refractivity contribution in [1.29, 1.82) is 0 Å². The summed E-state index contributed by atoms with van der Waals surface area (Å²) in [6.07, 6.45) is 1.37. The van der Waals surface area contributed by atoms with Gasteiger partial charge in [-0.3, -0.25) is 4.79 Å². The summed E-state index contributed by atoms with van der Waals surface area (Å²) in [4.78, 5) is 12.0. The molecule has 0 saturated heterocycles. The smallest absolute Gasteiger partial charge is 0.251 e. The van der Waals surface area contributed by atoms with Crippen LogP contribution in [0.2, 0.25) is 5.02 Å². The van der Waals surface area contributed by atoms with Gasteiger partial charge in [-0.25, -0.2) is 0 Å². The summed E-state index contributed by atoms with van der Waals surface area (Å²) in [6, 6.07) is 5.26. The van der Waals surface area contributed by atoms with Gasteiger partial charge in [-0.05, 0) is 37.5 Å². The predicted molar refractivity (Wildman–Crippen MR) is 69.4 cm³/mol. The lowest BCUT2D eigenvalue weighted by Gasteiger charge is -2.16. The molecule has 1 rings (SSSR count). The Balaban J connectivity index is 2.78. The van der Waals surface area contributed by atoms with Crippen LogP contribution in [0.25, 0.3) is 0 Å². The van der Waals surface area contributed by atoms with Crippen molar-refractivity contribution < 1.29 is 9.90 Å². The van der Waals surface area contributed by atoms with Gasteiger partial charge in [0, 0.05) is 23.2 Å². The molecule has 0 bridgehead atoms. The molecule has 0 aliphatic rings. The number of benzene rings is 1. The maximum absolute atomic E-state index is 12.0. The Morgan fingerprint density at radius 1 is 1.53 bits per heavy atom. The predicted octanol–water partition coefficient (Wildman–Crippen LogP) is 2.54. The van der Waals surface area contributed by atoms with Gasteiger partial charge in [0.15, 0.2) is 0 Å². The van der Waals surface area contributed by atoms with Gasteiger partial charge in [0.05, 0.1) is 0 Å². The van der Waals surface area contributed by atoms with Gasteiger partial charge in [0.25, 0.3) is 5.91 Å². The minimum absolute atomic E-state index is 0.00545. The van der Waals surface area contributed by atoms with Crippen molar-refractivity contribution in [3.05, 3.63) is 34.3 Å². The number of aliphatic hydroxyl groups excluding tert-OH is 1. The van der Waals surface area contributed by atoms with Crippen molar-refractivity contribution in [2.24, 2.45) is 0 Å². The summed E-state index contributed by atoms with van der Waals surface area (Å²) in [5.74, 6) is -0.134. The standard InChI is InChI=1S/C13H18ClNO2/c1-3-11(6-7-16)15-13(17)12-8-10(14)5-4-9(12)2/h4-5,8,11,16H,3,6-7H2,1-2H3,(H,15,17). The fourth-order valence-electron chi connectivity index (χ4n) is 1.64. The molecule has 0 heterocycles. The van der Waals surface area contributed by atoms with Crippen molar-refractivity contribution in [2.75, 3.05) is 6.61 Å². The molecule has 4 heteroatoms. The maximum Gasteiger partial charge on any atom is 0.251 e. The summed E-state index contributed by atoms with van der Waals surface area (Å²) in [6.45, 7) is 3.93. The molecule has 1 atom stereocenters. The zero-order valence-electron chi connectivity index (χ0n) is 10.2. The van der Waals surface area contributed by atoms with Gasteiger partial charge >= 0.3 is 0 Å². The summed E-state index contributed by atoms with van der Waals surface area (Å²) < 4.78 is 0. The molecule has 1 unspecified atom stereocenters. The number of carbonyl (C=O) groups excluding carboxylic acids is 1. The maximum atomic E-state index is 12.0. The minimum Gasteiger partial charge on any atom is -0.396 e. The summed E-state index contributed by atoms with van der Waals surface area (Å²) >= 11 is 5.87. The van der Waals surface area contributed by atoms with E-state index in [-0.39, 0.29) is 18.6 Å². The van der Waals surface area contributed by atoms with E-state index in [9.17, 15) is 4.79 Å². The molecular formula is C13H18ClNO2. The average molecular weight is 256 g/mol. The lowest BCUT2D eigenvalue weighted by atomic mass is 10.1. The molecule has 0 saturated carbocycles. The molecule has 2 N–H and O–H groups in total. The van der Waals surface area contributed by atoms with Crippen LogP contribution in [-0.4, -0.2) is 23.7 Å². The Labute approximate surface area is 107 Å². The monoisotopic (exact) mass is 255 g/mol. The first-order valence-electron chi connectivity index (χ1n) is 5.76. The molecule has 0 aliphatic heterocycles. The number of aryl methyl sites for hydroxylation is 1. The average Bonchev–Trinajstić information content (AvgIpc) is 2.31. The van der Waals surface area contributed by atoms with Crippen molar-refractivity contribution in [1.82, 2.24) is 5.32 Å². The van der Waals surface area contributed by atoms with E-state index in [4.69, 9.17) is 16.7 Å². The van der Waals surface area contributed by atoms with Gasteiger partial charge in [0.1, 0.15) is 0 Å². The second-order valence-corrected chi connectivity index (χ2v) is 4.49. The Bertz CT molecular complexity index is 393. The third kappa shape index (κ3) is 4.02. The van der Waals surface area contributed by atoms with Crippen molar-refractivity contribution in [3.8, 4) is 0 Å². The molecular weight excluding hydrogens is 238 g/mol. The molecule has 3 nitrogen and oxygen atoms in total. The molecule has 0 spiro atoms. The van der Waals surface area contributed by atoms with E-state index in [1.165, 1.54) is 0 Å². The minimum atomic E-state index is -0.134. The Morgan fingerprint density at radius 2 is 2.24 bits per heavy atom. The summed E-state index contributed by atoms with van der Waals surface area (Å²) in [5, 5.41) is 12.3. The van der Waals surface area contributed by atoms with Crippen LogP contribution in [0.3, 0.4) is 0 Å². The Kier molecular flexibility index (Phi) is 5.45. The SMILES string of the molecule is CCC(CCO)NC(=O)c1cc(Cl)ccc1C. The normalized spacial score (nSPS) is 12.2. The quantitative estimate of drug-likeness (QED) is 0.850. The van der Waals surface area contributed by atoms with Crippen molar-refractivity contribution >= 4 is 17.5 Å². The van der Waals surface area contributed by atoms with E-state index in [0.29, 0.717) is 17.0 Å². The fraction of sp³-hybridized carbons (Fsp3) is 0.462. The lowest BCUT2D eigenvalue weighted by molar-refractivity contribution is 0.0928. The highest BCUT2D eigenvalue weighted by atomic mass is 35.5. The van der Waals surface area contributed by atoms with E-state index in [1.807, 2.05) is 19.9 Å².